The van der Waals surface area contributed by atoms with E-state index < -0.39 is 0 Å². The van der Waals surface area contributed by atoms with Gasteiger partial charge in [0.2, 0.25) is 0 Å². The van der Waals surface area contributed by atoms with E-state index in [0.29, 0.717) is 10.5 Å². The fourth-order valence-electron chi connectivity index (χ4n) is 1.77. The Hall–Kier alpha value is -0.410. The van der Waals surface area contributed by atoms with Crippen LogP contribution in [-0.2, 0) is 6.42 Å². The van der Waals surface area contributed by atoms with Gasteiger partial charge in [-0.3, -0.25) is 0 Å². The Bertz CT molecular complexity index is 328. The third-order valence-electron chi connectivity index (χ3n) is 2.81. The predicted molar refractivity (Wildman–Crippen MR) is 70.2 cm³/mol. The average molecular weight is 288 g/mol. The molecule has 0 aromatic heterocycles. The number of rotatable bonds is 6. The number of nitrogens with one attached hydrogen (secondary N) is 1. The third-order valence-corrected chi connectivity index (χ3v) is 3.70. The molecule has 0 fully saturated rings. The van der Waals surface area contributed by atoms with Crippen molar-refractivity contribution in [2.24, 2.45) is 0 Å². The van der Waals surface area contributed by atoms with Gasteiger partial charge < -0.3 is 5.32 Å². The monoisotopic (exact) mass is 287 g/mol. The number of hydrogen-bond donors (Lipinski definition) is 1. The molecule has 1 N–H and O–H groups in total. The van der Waals surface area contributed by atoms with Crippen molar-refractivity contribution in [1.82, 2.24) is 5.32 Å². The molecule has 0 spiro atoms. The Morgan fingerprint density at radius 3 is 2.81 bits per heavy atom. The van der Waals surface area contributed by atoms with Crippen molar-refractivity contribution in [2.75, 3.05) is 7.05 Å². The van der Waals surface area contributed by atoms with Crippen LogP contribution in [0.15, 0.2) is 22.7 Å². The van der Waals surface area contributed by atoms with Gasteiger partial charge in [-0.2, -0.15) is 0 Å². The maximum Gasteiger partial charge on any atom is 0.137 e. The Morgan fingerprint density at radius 2 is 2.19 bits per heavy atom. The second-order valence-corrected chi connectivity index (χ2v) is 4.84. The first kappa shape index (κ1) is 13.7. The Kier molecular flexibility index (Phi) is 5.99. The van der Waals surface area contributed by atoms with E-state index in [-0.39, 0.29) is 5.82 Å². The summed E-state index contributed by atoms with van der Waals surface area (Å²) in [5.74, 6) is -0.178. The Labute approximate surface area is 106 Å². The van der Waals surface area contributed by atoms with E-state index in [1.807, 2.05) is 13.1 Å². The summed E-state index contributed by atoms with van der Waals surface area (Å²) < 4.78 is 13.9. The number of hydrogen-bond acceptors (Lipinski definition) is 1. The molecule has 0 saturated carbocycles. The molecule has 0 saturated heterocycles. The Balaban J connectivity index is 2.66. The van der Waals surface area contributed by atoms with Crippen molar-refractivity contribution in [3.8, 4) is 0 Å². The van der Waals surface area contributed by atoms with Gasteiger partial charge in [-0.1, -0.05) is 31.9 Å². The van der Waals surface area contributed by atoms with Gasteiger partial charge in [0.25, 0.3) is 0 Å². The molecule has 90 valence electrons. The van der Waals surface area contributed by atoms with Crippen molar-refractivity contribution >= 4 is 15.9 Å². The van der Waals surface area contributed by atoms with Gasteiger partial charge in [-0.05, 0) is 47.4 Å². The summed E-state index contributed by atoms with van der Waals surface area (Å²) in [6.45, 7) is 2.19. The van der Waals surface area contributed by atoms with Crippen molar-refractivity contribution in [3.63, 3.8) is 0 Å². The molecule has 3 heteroatoms. The lowest BCUT2D eigenvalue weighted by Crippen LogP contribution is -2.27. The van der Waals surface area contributed by atoms with Crippen LogP contribution >= 0.6 is 15.9 Å². The molecular weight excluding hydrogens is 269 g/mol. The molecular formula is C13H19BrFN. The van der Waals surface area contributed by atoms with E-state index in [1.54, 1.807) is 6.07 Å². The highest BCUT2D eigenvalue weighted by Gasteiger charge is 2.11. The summed E-state index contributed by atoms with van der Waals surface area (Å²) in [6, 6.07) is 5.65. The van der Waals surface area contributed by atoms with Crippen LogP contribution in [0.2, 0.25) is 0 Å². The van der Waals surface area contributed by atoms with Crippen LogP contribution in [0.1, 0.15) is 31.7 Å². The first-order valence-corrected chi connectivity index (χ1v) is 6.58. The van der Waals surface area contributed by atoms with Crippen LogP contribution in [0.5, 0.6) is 0 Å². The quantitative estimate of drug-likeness (QED) is 0.837. The SMILES string of the molecule is CCCCC(Cc1cccc(F)c1Br)NC. The molecule has 16 heavy (non-hydrogen) atoms. The normalized spacial score (nSPS) is 12.8. The smallest absolute Gasteiger partial charge is 0.137 e. The van der Waals surface area contributed by atoms with E-state index in [9.17, 15) is 4.39 Å². The predicted octanol–water partition coefficient (Wildman–Crippen LogP) is 3.91. The zero-order chi connectivity index (χ0) is 12.0. The lowest BCUT2D eigenvalue weighted by molar-refractivity contribution is 0.496. The summed E-state index contributed by atoms with van der Waals surface area (Å²) in [7, 11) is 1.97. The van der Waals surface area contributed by atoms with Crippen LogP contribution in [0, 0.1) is 5.82 Å². The van der Waals surface area contributed by atoms with E-state index in [0.717, 1.165) is 18.4 Å². The summed E-state index contributed by atoms with van der Waals surface area (Å²) in [5, 5.41) is 3.29. The second-order valence-electron chi connectivity index (χ2n) is 4.04. The minimum absolute atomic E-state index is 0.178. The fraction of sp³-hybridized carbons (Fsp3) is 0.538. The zero-order valence-electron chi connectivity index (χ0n) is 9.89. The lowest BCUT2D eigenvalue weighted by atomic mass is 10.0. The summed E-state index contributed by atoms with van der Waals surface area (Å²) >= 11 is 3.30. The van der Waals surface area contributed by atoms with Gasteiger partial charge in [-0.25, -0.2) is 4.39 Å². The third kappa shape index (κ3) is 3.87. The molecule has 1 nitrogen and oxygen atoms in total. The number of halogens is 2. The highest BCUT2D eigenvalue weighted by Crippen LogP contribution is 2.22. The molecule has 0 amide bonds. The standard InChI is InChI=1S/C13H19BrFN/c1-3-4-7-11(16-2)9-10-6-5-8-12(15)13(10)14/h5-6,8,11,16H,3-4,7,9H2,1-2H3. The van der Waals surface area contributed by atoms with Crippen LogP contribution < -0.4 is 5.32 Å². The molecule has 0 radical (unpaired) electrons. The molecule has 1 atom stereocenters. The van der Waals surface area contributed by atoms with Crippen molar-refractivity contribution in [3.05, 3.63) is 34.1 Å². The first-order chi connectivity index (χ1) is 7.69. The van der Waals surface area contributed by atoms with E-state index in [4.69, 9.17) is 0 Å². The molecule has 1 unspecified atom stereocenters. The minimum Gasteiger partial charge on any atom is -0.317 e. The van der Waals surface area contributed by atoms with Gasteiger partial charge in [0.15, 0.2) is 0 Å². The van der Waals surface area contributed by atoms with Crippen LogP contribution in [0.4, 0.5) is 4.39 Å². The lowest BCUT2D eigenvalue weighted by Gasteiger charge is -2.16. The highest BCUT2D eigenvalue weighted by molar-refractivity contribution is 9.10. The van der Waals surface area contributed by atoms with Crippen LogP contribution in [-0.4, -0.2) is 13.1 Å². The number of likely N-dealkylation sites (N-methyl/N-ethyl adjacent to an activating group) is 1. The average Bonchev–Trinajstić information content (AvgIpc) is 2.30. The zero-order valence-corrected chi connectivity index (χ0v) is 11.5. The summed E-state index contributed by atoms with van der Waals surface area (Å²) in [4.78, 5) is 0. The fourth-order valence-corrected chi connectivity index (χ4v) is 2.20. The topological polar surface area (TPSA) is 12.0 Å². The van der Waals surface area contributed by atoms with Gasteiger partial charge in [0.1, 0.15) is 5.82 Å². The molecule has 0 heterocycles. The maximum absolute atomic E-state index is 13.3. The maximum atomic E-state index is 13.3. The van der Waals surface area contributed by atoms with Gasteiger partial charge in [-0.15, -0.1) is 0 Å². The highest BCUT2D eigenvalue weighted by atomic mass is 79.9. The minimum atomic E-state index is -0.178. The number of benzene rings is 1. The van der Waals surface area contributed by atoms with E-state index in [2.05, 4.69) is 28.2 Å². The second kappa shape index (κ2) is 7.02. The van der Waals surface area contributed by atoms with Gasteiger partial charge in [0, 0.05) is 6.04 Å². The molecule has 1 aromatic rings. The molecule has 0 aliphatic heterocycles. The molecule has 0 aliphatic rings. The van der Waals surface area contributed by atoms with Crippen molar-refractivity contribution < 1.29 is 4.39 Å². The summed E-state index contributed by atoms with van der Waals surface area (Å²) in [5.41, 5.74) is 1.04. The van der Waals surface area contributed by atoms with Crippen LogP contribution in [0.25, 0.3) is 0 Å². The van der Waals surface area contributed by atoms with Crippen molar-refractivity contribution in [1.29, 1.82) is 0 Å². The van der Waals surface area contributed by atoms with Crippen LogP contribution in [0.3, 0.4) is 0 Å². The first-order valence-electron chi connectivity index (χ1n) is 5.79. The van der Waals surface area contributed by atoms with Gasteiger partial charge >= 0.3 is 0 Å². The van der Waals surface area contributed by atoms with E-state index >= 15 is 0 Å². The largest absolute Gasteiger partial charge is 0.317 e. The summed E-state index contributed by atoms with van der Waals surface area (Å²) in [6.07, 6.45) is 4.41. The Morgan fingerprint density at radius 1 is 1.44 bits per heavy atom. The molecule has 1 aromatic carbocycles. The van der Waals surface area contributed by atoms with E-state index in [1.165, 1.54) is 18.9 Å². The number of unbranched alkanes of at least 4 members (excludes halogenated alkanes) is 1. The van der Waals surface area contributed by atoms with Gasteiger partial charge in [0.05, 0.1) is 4.47 Å². The van der Waals surface area contributed by atoms with Crippen molar-refractivity contribution in [2.45, 2.75) is 38.6 Å². The molecule has 0 aliphatic carbocycles. The molecule has 0 bridgehead atoms. The molecule has 1 rings (SSSR count).